The summed E-state index contributed by atoms with van der Waals surface area (Å²) < 4.78 is 5.29. The van der Waals surface area contributed by atoms with Crippen molar-refractivity contribution >= 4 is 29.3 Å². The van der Waals surface area contributed by atoms with Crippen LogP contribution in [0.15, 0.2) is 48.5 Å². The van der Waals surface area contributed by atoms with Gasteiger partial charge in [0.05, 0.1) is 19.2 Å². The highest BCUT2D eigenvalue weighted by molar-refractivity contribution is 6.31. The van der Waals surface area contributed by atoms with Crippen molar-refractivity contribution in [3.8, 4) is 5.75 Å². The van der Waals surface area contributed by atoms with Gasteiger partial charge in [-0.25, -0.2) is 0 Å². The van der Waals surface area contributed by atoms with Crippen LogP contribution in [0.25, 0.3) is 0 Å². The molecule has 1 saturated heterocycles. The molecule has 3 rings (SSSR count). The molecule has 7 nitrogen and oxygen atoms in total. The van der Waals surface area contributed by atoms with Crippen LogP contribution < -0.4 is 10.1 Å². The van der Waals surface area contributed by atoms with Crippen molar-refractivity contribution in [2.24, 2.45) is 5.92 Å². The molecule has 1 heterocycles. The molecule has 33 heavy (non-hydrogen) atoms. The van der Waals surface area contributed by atoms with Gasteiger partial charge >= 0.3 is 0 Å². The highest BCUT2D eigenvalue weighted by atomic mass is 35.5. The van der Waals surface area contributed by atoms with E-state index >= 15 is 0 Å². The molecule has 8 heteroatoms. The Balaban J connectivity index is 1.48. The number of likely N-dealkylation sites (N-methyl/N-ethyl adjacent to an activating group) is 1. The molecule has 176 valence electrons. The molecule has 1 N–H and O–H groups in total. The van der Waals surface area contributed by atoms with Crippen LogP contribution in [0.5, 0.6) is 5.75 Å². The Labute approximate surface area is 199 Å². The summed E-state index contributed by atoms with van der Waals surface area (Å²) in [6.07, 6.45) is 1.08. The minimum atomic E-state index is -0.229. The highest BCUT2D eigenvalue weighted by Gasteiger charge is 2.29. The average molecular weight is 472 g/mol. The number of piperidine rings is 1. The molecule has 1 aliphatic heterocycles. The number of hydrogen-bond donors (Lipinski definition) is 1. The molecule has 0 unspecified atom stereocenters. The van der Waals surface area contributed by atoms with E-state index in [9.17, 15) is 14.4 Å². The SMILES string of the molecule is CCN(Cc1ccccc1)C(=O)CNC(=O)C1CCN(C(=O)c2cc(Cl)ccc2OC)CC1. The van der Waals surface area contributed by atoms with Crippen LogP contribution in [0.2, 0.25) is 5.02 Å². The van der Waals surface area contributed by atoms with Crippen LogP contribution in [-0.4, -0.2) is 60.8 Å². The number of halogens is 1. The lowest BCUT2D eigenvalue weighted by Gasteiger charge is -2.32. The van der Waals surface area contributed by atoms with Gasteiger partial charge in [0.2, 0.25) is 11.8 Å². The van der Waals surface area contributed by atoms with Crippen LogP contribution in [0.4, 0.5) is 0 Å². The van der Waals surface area contributed by atoms with Gasteiger partial charge < -0.3 is 19.9 Å². The Morgan fingerprint density at radius 2 is 1.82 bits per heavy atom. The van der Waals surface area contributed by atoms with Crippen molar-refractivity contribution in [2.75, 3.05) is 33.3 Å². The second-order valence-corrected chi connectivity index (χ2v) is 8.46. The largest absolute Gasteiger partial charge is 0.496 e. The Hall–Kier alpha value is -3.06. The van der Waals surface area contributed by atoms with Gasteiger partial charge in [-0.15, -0.1) is 0 Å². The molecule has 0 aromatic heterocycles. The summed E-state index contributed by atoms with van der Waals surface area (Å²) in [5.41, 5.74) is 1.46. The molecule has 2 aromatic carbocycles. The first-order chi connectivity index (χ1) is 15.9. The van der Waals surface area contributed by atoms with Crippen LogP contribution in [-0.2, 0) is 16.1 Å². The molecule has 0 spiro atoms. The van der Waals surface area contributed by atoms with E-state index in [0.29, 0.717) is 55.4 Å². The molecule has 0 atom stereocenters. The van der Waals surface area contributed by atoms with Gasteiger partial charge in [-0.05, 0) is 43.5 Å². The Morgan fingerprint density at radius 1 is 1.12 bits per heavy atom. The topological polar surface area (TPSA) is 79.0 Å². The fraction of sp³-hybridized carbons (Fsp3) is 0.400. The second kappa shape index (κ2) is 11.7. The fourth-order valence-corrected chi connectivity index (χ4v) is 4.13. The van der Waals surface area contributed by atoms with E-state index in [4.69, 9.17) is 16.3 Å². The third-order valence-electron chi connectivity index (χ3n) is 5.91. The number of hydrogen-bond acceptors (Lipinski definition) is 4. The summed E-state index contributed by atoms with van der Waals surface area (Å²) >= 11 is 6.05. The predicted octanol–water partition coefficient (Wildman–Crippen LogP) is 3.37. The average Bonchev–Trinajstić information content (AvgIpc) is 2.85. The maximum absolute atomic E-state index is 12.9. The Bertz CT molecular complexity index is 975. The maximum Gasteiger partial charge on any atom is 0.257 e. The number of carbonyl (C=O) groups excluding carboxylic acids is 3. The molecule has 0 bridgehead atoms. The van der Waals surface area contributed by atoms with E-state index in [-0.39, 0.29) is 30.2 Å². The zero-order valence-corrected chi connectivity index (χ0v) is 19.8. The molecule has 1 aliphatic rings. The van der Waals surface area contributed by atoms with Gasteiger partial charge in [-0.1, -0.05) is 41.9 Å². The number of amides is 3. The molecular formula is C25H30ClN3O4. The van der Waals surface area contributed by atoms with Gasteiger partial charge in [0, 0.05) is 37.1 Å². The summed E-state index contributed by atoms with van der Waals surface area (Å²) in [5.74, 6) is -0.184. The van der Waals surface area contributed by atoms with Crippen molar-refractivity contribution < 1.29 is 19.1 Å². The first-order valence-corrected chi connectivity index (χ1v) is 11.5. The molecule has 0 aliphatic carbocycles. The standard InChI is InChI=1S/C25H30ClN3O4/c1-3-28(17-18-7-5-4-6-8-18)23(30)16-27-24(31)19-11-13-29(14-12-19)25(32)21-15-20(26)9-10-22(21)33-2/h4-10,15,19H,3,11-14,16-17H2,1-2H3,(H,27,31). The summed E-state index contributed by atoms with van der Waals surface area (Å²) in [4.78, 5) is 41.6. The minimum Gasteiger partial charge on any atom is -0.496 e. The van der Waals surface area contributed by atoms with Gasteiger partial charge in [-0.2, -0.15) is 0 Å². The maximum atomic E-state index is 12.9. The van der Waals surface area contributed by atoms with Gasteiger partial charge in [0.1, 0.15) is 5.75 Å². The summed E-state index contributed by atoms with van der Waals surface area (Å²) in [5, 5.41) is 3.25. The smallest absolute Gasteiger partial charge is 0.257 e. The summed E-state index contributed by atoms with van der Waals surface area (Å²) in [6.45, 7) is 3.88. The number of ether oxygens (including phenoxy) is 1. The van der Waals surface area contributed by atoms with Crippen LogP contribution in [0, 0.1) is 5.92 Å². The Kier molecular flexibility index (Phi) is 8.72. The van der Waals surface area contributed by atoms with E-state index in [0.717, 1.165) is 5.56 Å². The molecule has 3 amide bonds. The predicted molar refractivity (Wildman–Crippen MR) is 127 cm³/mol. The fourth-order valence-electron chi connectivity index (χ4n) is 3.96. The number of nitrogens with zero attached hydrogens (tertiary/aromatic N) is 2. The third kappa shape index (κ3) is 6.48. The Morgan fingerprint density at radius 3 is 2.45 bits per heavy atom. The number of likely N-dealkylation sites (tertiary alicyclic amines) is 1. The lowest BCUT2D eigenvalue weighted by Crippen LogP contribution is -2.45. The number of carbonyl (C=O) groups is 3. The molecule has 0 saturated carbocycles. The lowest BCUT2D eigenvalue weighted by atomic mass is 9.95. The minimum absolute atomic E-state index is 0.0294. The lowest BCUT2D eigenvalue weighted by molar-refractivity contribution is -0.134. The first-order valence-electron chi connectivity index (χ1n) is 11.1. The monoisotopic (exact) mass is 471 g/mol. The van der Waals surface area contributed by atoms with Crippen LogP contribution in [0.1, 0.15) is 35.7 Å². The van der Waals surface area contributed by atoms with E-state index < -0.39 is 0 Å². The van der Waals surface area contributed by atoms with Crippen molar-refractivity contribution in [2.45, 2.75) is 26.3 Å². The van der Waals surface area contributed by atoms with E-state index in [1.54, 1.807) is 28.0 Å². The highest BCUT2D eigenvalue weighted by Crippen LogP contribution is 2.26. The first kappa shape index (κ1) is 24.6. The summed E-state index contributed by atoms with van der Waals surface area (Å²) in [6, 6.07) is 14.7. The second-order valence-electron chi connectivity index (χ2n) is 8.02. The van der Waals surface area contributed by atoms with Gasteiger partial charge in [0.25, 0.3) is 5.91 Å². The van der Waals surface area contributed by atoms with Crippen molar-refractivity contribution in [1.29, 1.82) is 0 Å². The van der Waals surface area contributed by atoms with Crippen molar-refractivity contribution in [3.63, 3.8) is 0 Å². The number of nitrogens with one attached hydrogen (secondary N) is 1. The van der Waals surface area contributed by atoms with Crippen molar-refractivity contribution in [1.82, 2.24) is 15.1 Å². The van der Waals surface area contributed by atoms with E-state index in [1.807, 2.05) is 37.3 Å². The molecular weight excluding hydrogens is 442 g/mol. The zero-order chi connectivity index (χ0) is 23.8. The van der Waals surface area contributed by atoms with Crippen LogP contribution in [0.3, 0.4) is 0 Å². The van der Waals surface area contributed by atoms with E-state index in [1.165, 1.54) is 7.11 Å². The quantitative estimate of drug-likeness (QED) is 0.640. The molecule has 2 aromatic rings. The summed E-state index contributed by atoms with van der Waals surface area (Å²) in [7, 11) is 1.51. The number of rotatable bonds is 8. The van der Waals surface area contributed by atoms with Gasteiger partial charge in [-0.3, -0.25) is 14.4 Å². The number of benzene rings is 2. The van der Waals surface area contributed by atoms with E-state index in [2.05, 4.69) is 5.32 Å². The van der Waals surface area contributed by atoms with Crippen molar-refractivity contribution in [3.05, 3.63) is 64.7 Å². The third-order valence-corrected chi connectivity index (χ3v) is 6.14. The molecule has 1 fully saturated rings. The molecule has 0 radical (unpaired) electrons. The normalized spacial score (nSPS) is 14.0. The zero-order valence-electron chi connectivity index (χ0n) is 19.1. The van der Waals surface area contributed by atoms with Gasteiger partial charge in [0.15, 0.2) is 0 Å². The van der Waals surface area contributed by atoms with Crippen LogP contribution >= 0.6 is 11.6 Å². The number of methoxy groups -OCH3 is 1.